The van der Waals surface area contributed by atoms with Crippen molar-refractivity contribution in [3.8, 4) is 0 Å². The van der Waals surface area contributed by atoms with Gasteiger partial charge in [0.2, 0.25) is 0 Å². The maximum atomic E-state index is 13.0. The van der Waals surface area contributed by atoms with Crippen LogP contribution in [0.25, 0.3) is 0 Å². The van der Waals surface area contributed by atoms with Crippen LogP contribution in [0.4, 0.5) is 4.39 Å². The van der Waals surface area contributed by atoms with Gasteiger partial charge in [-0.3, -0.25) is 4.98 Å². The Bertz CT molecular complexity index is 271. The molecule has 0 amide bonds. The van der Waals surface area contributed by atoms with Crippen LogP contribution in [0.15, 0.2) is 6.07 Å². The third-order valence-electron chi connectivity index (χ3n) is 1.94. The van der Waals surface area contributed by atoms with E-state index in [1.807, 2.05) is 27.7 Å². The number of nitrogens with zero attached hydrogens (tertiary/aromatic N) is 1. The van der Waals surface area contributed by atoms with Crippen molar-refractivity contribution in [1.29, 1.82) is 0 Å². The van der Waals surface area contributed by atoms with Crippen molar-refractivity contribution in [3.05, 3.63) is 36.8 Å². The molecule has 1 nitrogen and oxygen atoms in total. The van der Waals surface area contributed by atoms with Crippen molar-refractivity contribution >= 4 is 0 Å². The molecule has 1 aromatic heterocycles. The summed E-state index contributed by atoms with van der Waals surface area (Å²) in [5.41, 5.74) is 1.61. The Balaban J connectivity index is 0. The summed E-state index contributed by atoms with van der Waals surface area (Å²) in [5, 5.41) is 0. The molecule has 3 heteroatoms. The van der Waals surface area contributed by atoms with E-state index in [2.05, 4.69) is 11.1 Å². The van der Waals surface area contributed by atoms with Gasteiger partial charge in [0.1, 0.15) is 5.95 Å². The minimum atomic E-state index is -0.397. The molecule has 0 N–H and O–H groups in total. The summed E-state index contributed by atoms with van der Waals surface area (Å²) in [7, 11) is 0. The third-order valence-corrected chi connectivity index (χ3v) is 1.94. The van der Waals surface area contributed by atoms with E-state index in [4.69, 9.17) is 0 Å². The Hall–Kier alpha value is 0.184. The third kappa shape index (κ3) is 5.17. The minimum absolute atomic E-state index is 0. The van der Waals surface area contributed by atoms with Gasteiger partial charge in [-0.1, -0.05) is 33.6 Å². The Kier molecular flexibility index (Phi) is 8.74. The molecule has 0 unspecified atom stereocenters. The van der Waals surface area contributed by atoms with E-state index in [1.54, 1.807) is 0 Å². The molecule has 1 radical (unpaired) electrons. The summed E-state index contributed by atoms with van der Waals surface area (Å²) in [5.74, 6) is 0.134. The molecule has 0 aliphatic carbocycles. The molecule has 0 aliphatic rings. The summed E-state index contributed by atoms with van der Waals surface area (Å²) in [6.07, 6.45) is 0. The first kappa shape index (κ1) is 17.6. The Morgan fingerprint density at radius 1 is 1.20 bits per heavy atom. The van der Waals surface area contributed by atoms with Crippen LogP contribution in [0.2, 0.25) is 0 Å². The van der Waals surface area contributed by atoms with Gasteiger partial charge in [0.25, 0.3) is 0 Å². The van der Waals surface area contributed by atoms with Crippen molar-refractivity contribution in [2.24, 2.45) is 0 Å². The number of aromatic nitrogens is 1. The molecule has 1 rings (SSSR count). The van der Waals surface area contributed by atoms with E-state index in [1.165, 1.54) is 6.07 Å². The first-order valence-corrected chi connectivity index (χ1v) is 4.60. The molecule has 0 aliphatic heterocycles. The fourth-order valence-corrected chi connectivity index (χ4v) is 1.07. The zero-order valence-electron chi connectivity index (χ0n) is 10.1. The van der Waals surface area contributed by atoms with E-state index in [0.717, 1.165) is 5.56 Å². The van der Waals surface area contributed by atoms with E-state index in [-0.39, 0.29) is 46.1 Å². The topological polar surface area (TPSA) is 12.9 Å². The zero-order valence-corrected chi connectivity index (χ0v) is 13.0. The molecular formula is C12H18FNY-2. The van der Waals surface area contributed by atoms with Crippen LogP contribution in [0, 0.1) is 19.4 Å². The van der Waals surface area contributed by atoms with Gasteiger partial charge < -0.3 is 7.43 Å². The van der Waals surface area contributed by atoms with Crippen LogP contribution in [0.1, 0.15) is 50.8 Å². The molecule has 0 fully saturated rings. The van der Waals surface area contributed by atoms with Gasteiger partial charge in [0.05, 0.1) is 0 Å². The van der Waals surface area contributed by atoms with E-state index in [9.17, 15) is 4.39 Å². The van der Waals surface area contributed by atoms with Gasteiger partial charge in [-0.05, 0) is 11.6 Å². The number of pyridine rings is 1. The number of hydrogen-bond donors (Lipinski definition) is 0. The minimum Gasteiger partial charge on any atom is -0.358 e. The monoisotopic (exact) mass is 284 g/mol. The molecule has 0 aromatic carbocycles. The predicted molar refractivity (Wildman–Crippen MR) is 57.6 cm³/mol. The number of rotatable bonds is 2. The van der Waals surface area contributed by atoms with E-state index >= 15 is 0 Å². The average Bonchev–Trinajstić information content (AvgIpc) is 2.03. The van der Waals surface area contributed by atoms with Crippen molar-refractivity contribution in [2.75, 3.05) is 0 Å². The standard InChI is InChI=1S/C11H15FN.CH3.Y/c1-7(2)9-5-10(8(3)4)13-11(12)6-9;;/h6-8H,1-4H3;1H3;/q2*-1;. The van der Waals surface area contributed by atoms with Crippen molar-refractivity contribution < 1.29 is 37.1 Å². The molecule has 0 saturated heterocycles. The second-order valence-corrected chi connectivity index (χ2v) is 3.85. The number of hydrogen-bond acceptors (Lipinski definition) is 1. The summed E-state index contributed by atoms with van der Waals surface area (Å²) >= 11 is 0. The average molecular weight is 284 g/mol. The fraction of sp³-hybridized carbons (Fsp3) is 0.500. The normalized spacial score (nSPS) is 9.80. The van der Waals surface area contributed by atoms with E-state index < -0.39 is 5.95 Å². The Labute approximate surface area is 118 Å². The maximum absolute atomic E-state index is 13.0. The van der Waals surface area contributed by atoms with E-state index in [0.29, 0.717) is 11.6 Å². The van der Waals surface area contributed by atoms with Crippen LogP contribution in [0.5, 0.6) is 0 Å². The van der Waals surface area contributed by atoms with Gasteiger partial charge in [-0.2, -0.15) is 6.07 Å². The maximum Gasteiger partial charge on any atom is 0.130 e. The molecule has 15 heavy (non-hydrogen) atoms. The SMILES string of the molecule is CC(C)c1[c-]c(C(C)C)nc(F)c1.[CH3-].[Y]. The quantitative estimate of drug-likeness (QED) is 0.596. The van der Waals surface area contributed by atoms with Crippen LogP contribution in [-0.2, 0) is 32.7 Å². The van der Waals surface area contributed by atoms with Gasteiger partial charge >= 0.3 is 0 Å². The molecule has 0 saturated carbocycles. The first-order chi connectivity index (χ1) is 6.00. The molecule has 1 heterocycles. The van der Waals surface area contributed by atoms with Gasteiger partial charge in [0.15, 0.2) is 0 Å². The van der Waals surface area contributed by atoms with Crippen molar-refractivity contribution in [2.45, 2.75) is 39.5 Å². The van der Waals surface area contributed by atoms with Gasteiger partial charge in [0, 0.05) is 32.7 Å². The second-order valence-electron chi connectivity index (χ2n) is 3.85. The molecule has 0 atom stereocenters. The largest absolute Gasteiger partial charge is 0.358 e. The summed E-state index contributed by atoms with van der Waals surface area (Å²) in [6, 6.07) is 4.59. The molecule has 83 valence electrons. The summed E-state index contributed by atoms with van der Waals surface area (Å²) in [6.45, 7) is 8.02. The first-order valence-electron chi connectivity index (χ1n) is 4.60. The van der Waals surface area contributed by atoms with Crippen LogP contribution in [0.3, 0.4) is 0 Å². The van der Waals surface area contributed by atoms with Crippen LogP contribution in [-0.4, -0.2) is 4.98 Å². The molecular weight excluding hydrogens is 266 g/mol. The predicted octanol–water partition coefficient (Wildman–Crippen LogP) is 3.72. The van der Waals surface area contributed by atoms with Crippen LogP contribution < -0.4 is 0 Å². The molecule has 0 bridgehead atoms. The summed E-state index contributed by atoms with van der Waals surface area (Å²) in [4.78, 5) is 3.79. The fourth-order valence-electron chi connectivity index (χ4n) is 1.07. The zero-order chi connectivity index (χ0) is 10.0. The number of halogens is 1. The van der Waals surface area contributed by atoms with Gasteiger partial charge in [-0.25, -0.2) is 16.0 Å². The Morgan fingerprint density at radius 3 is 2.13 bits per heavy atom. The van der Waals surface area contributed by atoms with Gasteiger partial charge in [-0.15, -0.1) is 0 Å². The summed E-state index contributed by atoms with van der Waals surface area (Å²) < 4.78 is 13.0. The van der Waals surface area contributed by atoms with Crippen molar-refractivity contribution in [3.63, 3.8) is 0 Å². The molecule has 0 spiro atoms. The second kappa shape index (κ2) is 7.46. The van der Waals surface area contributed by atoms with Crippen molar-refractivity contribution in [1.82, 2.24) is 4.98 Å². The Morgan fingerprint density at radius 2 is 1.73 bits per heavy atom. The smallest absolute Gasteiger partial charge is 0.130 e. The van der Waals surface area contributed by atoms with Crippen LogP contribution >= 0.6 is 0 Å². The molecule has 1 aromatic rings.